The van der Waals surface area contributed by atoms with Crippen molar-refractivity contribution in [3.05, 3.63) is 64.7 Å². The van der Waals surface area contributed by atoms with Crippen molar-refractivity contribution < 1.29 is 4.79 Å². The predicted molar refractivity (Wildman–Crippen MR) is 109 cm³/mol. The lowest BCUT2D eigenvalue weighted by molar-refractivity contribution is 0.0876. The highest BCUT2D eigenvalue weighted by atomic mass is 32.1. The van der Waals surface area contributed by atoms with E-state index in [0.717, 1.165) is 49.0 Å². The van der Waals surface area contributed by atoms with Crippen molar-refractivity contribution >= 4 is 27.5 Å². The summed E-state index contributed by atoms with van der Waals surface area (Å²) >= 11 is 1.60. The van der Waals surface area contributed by atoms with Crippen molar-refractivity contribution in [2.24, 2.45) is 0 Å². The molecular weight excluding hydrogens is 354 g/mol. The number of hydrogen-bond acceptors (Lipinski definition) is 4. The molecule has 1 aliphatic heterocycles. The first-order valence-electron chi connectivity index (χ1n) is 9.71. The SMILES string of the molecule is O=C(NC1CCCN(C2Cc3ccccc3C2)C1)c1ccc2scnc2c1. The number of hydrogen-bond donors (Lipinski definition) is 1. The summed E-state index contributed by atoms with van der Waals surface area (Å²) in [4.78, 5) is 19.6. The highest BCUT2D eigenvalue weighted by Gasteiger charge is 2.30. The molecule has 2 aliphatic rings. The van der Waals surface area contributed by atoms with Gasteiger partial charge in [0.1, 0.15) is 0 Å². The summed E-state index contributed by atoms with van der Waals surface area (Å²) in [5.74, 6) is 0.0199. The van der Waals surface area contributed by atoms with Crippen LogP contribution in [-0.4, -0.2) is 41.0 Å². The Bertz CT molecular complexity index is 957. The van der Waals surface area contributed by atoms with Crippen molar-refractivity contribution in [1.82, 2.24) is 15.2 Å². The van der Waals surface area contributed by atoms with E-state index in [1.54, 1.807) is 11.3 Å². The fraction of sp³-hybridized carbons (Fsp3) is 0.364. The van der Waals surface area contributed by atoms with E-state index in [4.69, 9.17) is 0 Å². The van der Waals surface area contributed by atoms with Crippen molar-refractivity contribution in [3.63, 3.8) is 0 Å². The lowest BCUT2D eigenvalue weighted by Crippen LogP contribution is -2.51. The van der Waals surface area contributed by atoms with Crippen LogP contribution in [0.25, 0.3) is 10.2 Å². The monoisotopic (exact) mass is 377 g/mol. The van der Waals surface area contributed by atoms with Crippen LogP contribution in [0, 0.1) is 0 Å². The number of carbonyl (C=O) groups excluding carboxylic acids is 1. The van der Waals surface area contributed by atoms with Crippen LogP contribution in [0.3, 0.4) is 0 Å². The lowest BCUT2D eigenvalue weighted by Gasteiger charge is -2.37. The fourth-order valence-electron chi connectivity index (χ4n) is 4.52. The molecule has 4 nitrogen and oxygen atoms in total. The molecule has 1 fully saturated rings. The quantitative estimate of drug-likeness (QED) is 0.758. The third kappa shape index (κ3) is 3.37. The Morgan fingerprint density at radius 1 is 1.15 bits per heavy atom. The number of piperidine rings is 1. The van der Waals surface area contributed by atoms with Gasteiger partial charge in [-0.1, -0.05) is 24.3 Å². The minimum Gasteiger partial charge on any atom is -0.348 e. The van der Waals surface area contributed by atoms with Crippen LogP contribution in [0.15, 0.2) is 48.0 Å². The fourth-order valence-corrected chi connectivity index (χ4v) is 5.18. The topological polar surface area (TPSA) is 45.2 Å². The van der Waals surface area contributed by atoms with Crippen molar-refractivity contribution in [3.8, 4) is 0 Å². The molecule has 1 atom stereocenters. The zero-order valence-corrected chi connectivity index (χ0v) is 16.0. The third-order valence-corrected chi connectivity index (χ3v) is 6.74. The Kier molecular flexibility index (Phi) is 4.42. The second-order valence-electron chi connectivity index (χ2n) is 7.67. The first-order valence-corrected chi connectivity index (χ1v) is 10.6. The molecule has 2 heterocycles. The summed E-state index contributed by atoms with van der Waals surface area (Å²) in [7, 11) is 0. The van der Waals surface area contributed by atoms with Crippen LogP contribution in [0.4, 0.5) is 0 Å². The summed E-state index contributed by atoms with van der Waals surface area (Å²) in [6.45, 7) is 2.08. The Morgan fingerprint density at radius 2 is 1.96 bits per heavy atom. The van der Waals surface area contributed by atoms with Crippen LogP contribution in [0.2, 0.25) is 0 Å². The third-order valence-electron chi connectivity index (χ3n) is 5.93. The van der Waals surface area contributed by atoms with Crippen molar-refractivity contribution in [2.75, 3.05) is 13.1 Å². The number of carbonyl (C=O) groups is 1. The van der Waals surface area contributed by atoms with Gasteiger partial charge in [0.25, 0.3) is 5.91 Å². The number of likely N-dealkylation sites (tertiary alicyclic amines) is 1. The van der Waals surface area contributed by atoms with Gasteiger partial charge in [-0.25, -0.2) is 4.98 Å². The van der Waals surface area contributed by atoms with Crippen molar-refractivity contribution in [2.45, 2.75) is 37.8 Å². The molecule has 3 aromatic rings. The van der Waals surface area contributed by atoms with Gasteiger partial charge in [0.15, 0.2) is 0 Å². The second-order valence-corrected chi connectivity index (χ2v) is 8.56. The standard InChI is InChI=1S/C22H23N3OS/c26-22(17-7-8-21-20(12-17)23-14-27-21)24-18-6-3-9-25(13-18)19-10-15-4-1-2-5-16(15)11-19/h1-2,4-5,7-8,12,14,18-19H,3,6,9-11,13H2,(H,24,26). The molecule has 0 bridgehead atoms. The molecule has 5 heteroatoms. The molecule has 0 spiro atoms. The smallest absolute Gasteiger partial charge is 0.251 e. The van der Waals surface area contributed by atoms with E-state index in [-0.39, 0.29) is 11.9 Å². The number of amides is 1. The maximum atomic E-state index is 12.7. The summed E-state index contributed by atoms with van der Waals surface area (Å²) < 4.78 is 1.12. The Hall–Kier alpha value is -2.24. The minimum absolute atomic E-state index is 0.0199. The molecule has 5 rings (SSSR count). The highest BCUT2D eigenvalue weighted by molar-refractivity contribution is 7.16. The van der Waals surface area contributed by atoms with Gasteiger partial charge in [0, 0.05) is 24.2 Å². The molecular formula is C22H23N3OS. The first-order chi connectivity index (χ1) is 13.3. The molecule has 2 aromatic carbocycles. The Balaban J connectivity index is 1.24. The molecule has 1 aliphatic carbocycles. The molecule has 1 aromatic heterocycles. The average molecular weight is 378 g/mol. The predicted octanol–water partition coefficient (Wildman–Crippen LogP) is 3.66. The number of fused-ring (bicyclic) bond motifs is 2. The molecule has 138 valence electrons. The van der Waals surface area contributed by atoms with Gasteiger partial charge in [0.05, 0.1) is 15.7 Å². The molecule has 1 N–H and O–H groups in total. The van der Waals surface area contributed by atoms with Gasteiger partial charge in [0.2, 0.25) is 0 Å². The highest BCUT2D eigenvalue weighted by Crippen LogP contribution is 2.27. The van der Waals surface area contributed by atoms with E-state index >= 15 is 0 Å². The van der Waals surface area contributed by atoms with Gasteiger partial charge >= 0.3 is 0 Å². The van der Waals surface area contributed by atoms with E-state index < -0.39 is 0 Å². The van der Waals surface area contributed by atoms with Gasteiger partial charge in [-0.05, 0) is 61.6 Å². The van der Waals surface area contributed by atoms with Gasteiger partial charge < -0.3 is 5.32 Å². The van der Waals surface area contributed by atoms with Crippen LogP contribution in [0.5, 0.6) is 0 Å². The molecule has 0 radical (unpaired) electrons. The number of thiazole rings is 1. The Labute approximate surface area is 163 Å². The summed E-state index contributed by atoms with van der Waals surface area (Å²) in [6, 6.07) is 15.4. The van der Waals surface area contributed by atoms with E-state index in [2.05, 4.69) is 39.5 Å². The van der Waals surface area contributed by atoms with Crippen molar-refractivity contribution in [1.29, 1.82) is 0 Å². The van der Waals surface area contributed by atoms with E-state index in [0.29, 0.717) is 11.6 Å². The lowest BCUT2D eigenvalue weighted by atomic mass is 10.0. The summed E-state index contributed by atoms with van der Waals surface area (Å²) in [5.41, 5.74) is 6.42. The second kappa shape index (κ2) is 7.06. The van der Waals surface area contributed by atoms with E-state index in [1.807, 2.05) is 23.7 Å². The number of benzene rings is 2. The largest absolute Gasteiger partial charge is 0.348 e. The van der Waals surface area contributed by atoms with Crippen LogP contribution < -0.4 is 5.32 Å². The normalized spacial score (nSPS) is 20.7. The van der Waals surface area contributed by atoms with E-state index in [1.165, 1.54) is 11.1 Å². The van der Waals surface area contributed by atoms with Crippen LogP contribution >= 0.6 is 11.3 Å². The molecule has 0 saturated carbocycles. The summed E-state index contributed by atoms with van der Waals surface area (Å²) in [6.07, 6.45) is 4.47. The molecule has 27 heavy (non-hydrogen) atoms. The average Bonchev–Trinajstić information content (AvgIpc) is 3.34. The number of rotatable bonds is 3. The zero-order valence-electron chi connectivity index (χ0n) is 15.2. The molecule has 1 saturated heterocycles. The maximum Gasteiger partial charge on any atom is 0.251 e. The van der Waals surface area contributed by atoms with Crippen LogP contribution in [-0.2, 0) is 12.8 Å². The summed E-state index contributed by atoms with van der Waals surface area (Å²) in [5, 5.41) is 3.26. The maximum absolute atomic E-state index is 12.7. The minimum atomic E-state index is 0.0199. The number of nitrogens with zero attached hydrogens (tertiary/aromatic N) is 2. The Morgan fingerprint density at radius 3 is 2.78 bits per heavy atom. The molecule has 1 unspecified atom stereocenters. The zero-order chi connectivity index (χ0) is 18.2. The number of nitrogens with one attached hydrogen (secondary N) is 1. The first kappa shape index (κ1) is 16.9. The van der Waals surface area contributed by atoms with Gasteiger partial charge in [-0.3, -0.25) is 9.69 Å². The van der Waals surface area contributed by atoms with Gasteiger partial charge in [-0.2, -0.15) is 0 Å². The molecule has 1 amide bonds. The van der Waals surface area contributed by atoms with Crippen LogP contribution in [0.1, 0.15) is 34.3 Å². The van der Waals surface area contributed by atoms with Gasteiger partial charge in [-0.15, -0.1) is 11.3 Å². The number of aromatic nitrogens is 1. The van der Waals surface area contributed by atoms with E-state index in [9.17, 15) is 4.79 Å².